The standard InChI is InChI=1S/C7H8N2O3.C6H15N/c1-12-6-4-2-3-5(8)7(6)9(10)11;1-4-7(5-2)6-3/h2-4H,8H2,1H3;4-6H2,1-3H3. The minimum absolute atomic E-state index is 0.111. The van der Waals surface area contributed by atoms with Crippen molar-refractivity contribution in [1.82, 2.24) is 4.90 Å². The first kappa shape index (κ1) is 17.2. The Morgan fingerprint density at radius 2 is 1.79 bits per heavy atom. The minimum Gasteiger partial charge on any atom is -0.490 e. The molecule has 0 unspecified atom stereocenters. The second-order valence-corrected chi connectivity index (χ2v) is 3.77. The Balaban J connectivity index is 0.000000399. The zero-order valence-corrected chi connectivity index (χ0v) is 12.0. The molecule has 0 aliphatic heterocycles. The van der Waals surface area contributed by atoms with E-state index in [4.69, 9.17) is 10.5 Å². The van der Waals surface area contributed by atoms with Gasteiger partial charge in [-0.3, -0.25) is 10.1 Å². The molecule has 19 heavy (non-hydrogen) atoms. The van der Waals surface area contributed by atoms with Gasteiger partial charge < -0.3 is 15.4 Å². The number of methoxy groups -OCH3 is 1. The highest BCUT2D eigenvalue weighted by Crippen LogP contribution is 2.31. The molecule has 0 aliphatic carbocycles. The molecule has 2 N–H and O–H groups in total. The van der Waals surface area contributed by atoms with Crippen LogP contribution >= 0.6 is 0 Å². The van der Waals surface area contributed by atoms with Crippen LogP contribution in [0.25, 0.3) is 0 Å². The van der Waals surface area contributed by atoms with Crippen LogP contribution in [0.15, 0.2) is 18.2 Å². The number of nitro groups is 1. The highest BCUT2D eigenvalue weighted by molar-refractivity contribution is 5.65. The third-order valence-corrected chi connectivity index (χ3v) is 2.77. The lowest BCUT2D eigenvalue weighted by Gasteiger charge is -2.13. The first-order valence-corrected chi connectivity index (χ1v) is 6.30. The van der Waals surface area contributed by atoms with Gasteiger partial charge in [0.1, 0.15) is 5.69 Å². The lowest BCUT2D eigenvalue weighted by molar-refractivity contribution is -0.384. The molecule has 0 saturated carbocycles. The van der Waals surface area contributed by atoms with Crippen molar-refractivity contribution in [3.8, 4) is 5.75 Å². The van der Waals surface area contributed by atoms with E-state index in [9.17, 15) is 10.1 Å². The smallest absolute Gasteiger partial charge is 0.333 e. The van der Waals surface area contributed by atoms with Crippen molar-refractivity contribution in [2.45, 2.75) is 20.8 Å². The molecule has 108 valence electrons. The summed E-state index contributed by atoms with van der Waals surface area (Å²) in [5.74, 6) is 0.181. The summed E-state index contributed by atoms with van der Waals surface area (Å²) in [4.78, 5) is 12.3. The summed E-state index contributed by atoms with van der Waals surface area (Å²) in [5, 5.41) is 10.4. The van der Waals surface area contributed by atoms with Crippen LogP contribution in [0.4, 0.5) is 11.4 Å². The second-order valence-electron chi connectivity index (χ2n) is 3.77. The molecule has 0 saturated heterocycles. The molecule has 1 aromatic carbocycles. The summed E-state index contributed by atoms with van der Waals surface area (Å²) in [6.45, 7) is 10.1. The number of nitrogens with two attached hydrogens (primary N) is 1. The average molecular weight is 269 g/mol. The van der Waals surface area contributed by atoms with Crippen molar-refractivity contribution in [1.29, 1.82) is 0 Å². The van der Waals surface area contributed by atoms with Gasteiger partial charge in [-0.1, -0.05) is 26.8 Å². The molecule has 0 spiro atoms. The van der Waals surface area contributed by atoms with Crippen LogP contribution in [0.5, 0.6) is 5.75 Å². The molecular weight excluding hydrogens is 246 g/mol. The van der Waals surface area contributed by atoms with Crippen LogP contribution in [0, 0.1) is 10.1 Å². The SMILES string of the molecule is CCN(CC)CC.COc1cccc(N)c1[N+](=O)[O-]. The normalized spacial score (nSPS) is 9.74. The van der Waals surface area contributed by atoms with Crippen molar-refractivity contribution in [3.05, 3.63) is 28.3 Å². The Morgan fingerprint density at radius 1 is 1.26 bits per heavy atom. The predicted molar refractivity (Wildman–Crippen MR) is 77.5 cm³/mol. The zero-order valence-electron chi connectivity index (χ0n) is 12.0. The highest BCUT2D eigenvalue weighted by atomic mass is 16.6. The van der Waals surface area contributed by atoms with Gasteiger partial charge in [0.25, 0.3) is 0 Å². The molecular formula is C13H23N3O3. The van der Waals surface area contributed by atoms with Crippen molar-refractivity contribution < 1.29 is 9.66 Å². The van der Waals surface area contributed by atoms with Crippen molar-refractivity contribution in [2.24, 2.45) is 0 Å². The molecule has 0 heterocycles. The first-order chi connectivity index (χ1) is 9.01. The van der Waals surface area contributed by atoms with E-state index in [1.807, 2.05) is 0 Å². The van der Waals surface area contributed by atoms with Crippen LogP contribution in [0.1, 0.15) is 20.8 Å². The summed E-state index contributed by atoms with van der Waals surface area (Å²) in [6.07, 6.45) is 0. The van der Waals surface area contributed by atoms with Gasteiger partial charge >= 0.3 is 5.69 Å². The summed E-state index contributed by atoms with van der Waals surface area (Å²) in [7, 11) is 1.36. The van der Waals surface area contributed by atoms with Gasteiger partial charge in [0, 0.05) is 0 Å². The van der Waals surface area contributed by atoms with Gasteiger partial charge in [-0.25, -0.2) is 0 Å². The van der Waals surface area contributed by atoms with Crippen LogP contribution in [-0.2, 0) is 0 Å². The summed E-state index contributed by atoms with van der Waals surface area (Å²) in [6, 6.07) is 4.55. The predicted octanol–water partition coefficient (Wildman–Crippen LogP) is 2.53. The van der Waals surface area contributed by atoms with Gasteiger partial charge in [-0.15, -0.1) is 0 Å². The molecule has 1 aromatic rings. The van der Waals surface area contributed by atoms with E-state index < -0.39 is 4.92 Å². The van der Waals surface area contributed by atoms with Crippen LogP contribution in [0.2, 0.25) is 0 Å². The quantitative estimate of drug-likeness (QED) is 0.504. The van der Waals surface area contributed by atoms with Crippen LogP contribution in [0.3, 0.4) is 0 Å². The molecule has 0 aromatic heterocycles. The third kappa shape index (κ3) is 5.56. The monoisotopic (exact) mass is 269 g/mol. The van der Waals surface area contributed by atoms with Crippen LogP contribution < -0.4 is 10.5 Å². The molecule has 0 radical (unpaired) electrons. The van der Waals surface area contributed by atoms with Crippen molar-refractivity contribution >= 4 is 11.4 Å². The Hall–Kier alpha value is -1.82. The fourth-order valence-electron chi connectivity index (χ4n) is 1.57. The maximum atomic E-state index is 10.4. The zero-order chi connectivity index (χ0) is 14.8. The number of para-hydroxylation sites is 1. The number of nitro benzene ring substituents is 1. The summed E-state index contributed by atoms with van der Waals surface area (Å²) >= 11 is 0. The van der Waals surface area contributed by atoms with E-state index in [-0.39, 0.29) is 17.1 Å². The first-order valence-electron chi connectivity index (χ1n) is 6.30. The summed E-state index contributed by atoms with van der Waals surface area (Å²) in [5.41, 5.74) is 5.31. The molecule has 6 heteroatoms. The molecule has 6 nitrogen and oxygen atoms in total. The second kappa shape index (κ2) is 9.16. The molecule has 0 fully saturated rings. The minimum atomic E-state index is -0.561. The number of ether oxygens (including phenoxy) is 1. The summed E-state index contributed by atoms with van der Waals surface area (Å²) < 4.78 is 4.77. The van der Waals surface area contributed by atoms with Gasteiger partial charge in [0.2, 0.25) is 0 Å². The van der Waals surface area contributed by atoms with Crippen molar-refractivity contribution in [2.75, 3.05) is 32.5 Å². The van der Waals surface area contributed by atoms with Gasteiger partial charge in [-0.05, 0) is 31.8 Å². The van der Waals surface area contributed by atoms with Crippen LogP contribution in [-0.4, -0.2) is 36.6 Å². The third-order valence-electron chi connectivity index (χ3n) is 2.77. The number of rotatable bonds is 5. The Bertz CT molecular complexity index is 387. The molecule has 1 rings (SSSR count). The Kier molecular flexibility index (Phi) is 8.28. The molecule has 0 bridgehead atoms. The van der Waals surface area contributed by atoms with E-state index in [2.05, 4.69) is 25.7 Å². The van der Waals surface area contributed by atoms with Gasteiger partial charge in [-0.2, -0.15) is 0 Å². The number of hydrogen-bond acceptors (Lipinski definition) is 5. The number of anilines is 1. The Labute approximate surface area is 114 Å². The number of nitrogen functional groups attached to an aromatic ring is 1. The fourth-order valence-corrected chi connectivity index (χ4v) is 1.57. The topological polar surface area (TPSA) is 81.6 Å². The van der Waals surface area contributed by atoms with E-state index >= 15 is 0 Å². The molecule has 0 amide bonds. The fraction of sp³-hybridized carbons (Fsp3) is 0.538. The Morgan fingerprint density at radius 3 is 2.05 bits per heavy atom. The average Bonchev–Trinajstić information content (AvgIpc) is 2.40. The van der Waals surface area contributed by atoms with E-state index in [1.54, 1.807) is 6.07 Å². The van der Waals surface area contributed by atoms with Crippen molar-refractivity contribution in [3.63, 3.8) is 0 Å². The molecule has 0 atom stereocenters. The lowest BCUT2D eigenvalue weighted by atomic mass is 10.2. The molecule has 0 aliphatic rings. The maximum absolute atomic E-state index is 10.4. The highest BCUT2D eigenvalue weighted by Gasteiger charge is 2.17. The largest absolute Gasteiger partial charge is 0.490 e. The number of hydrogen-bond donors (Lipinski definition) is 1. The van der Waals surface area contributed by atoms with Gasteiger partial charge in [0.05, 0.1) is 12.0 Å². The maximum Gasteiger partial charge on any atom is 0.333 e. The van der Waals surface area contributed by atoms with E-state index in [0.717, 1.165) is 0 Å². The number of benzene rings is 1. The lowest BCUT2D eigenvalue weighted by Crippen LogP contribution is -2.21. The number of nitrogens with zero attached hydrogens (tertiary/aromatic N) is 2. The van der Waals surface area contributed by atoms with E-state index in [0.29, 0.717) is 0 Å². The van der Waals surface area contributed by atoms with E-state index in [1.165, 1.54) is 38.9 Å². The van der Waals surface area contributed by atoms with Gasteiger partial charge in [0.15, 0.2) is 5.75 Å².